The predicted molar refractivity (Wildman–Crippen MR) is 85.9 cm³/mol. The highest BCUT2D eigenvalue weighted by Crippen LogP contribution is 2.25. The normalized spacial score (nSPS) is 14.6. The molecule has 0 aromatic heterocycles. The highest BCUT2D eigenvalue weighted by atomic mass is 35.5. The number of sulfonamides is 1. The Kier molecular flexibility index (Phi) is 7.59. The molecule has 4 nitrogen and oxygen atoms in total. The summed E-state index contributed by atoms with van der Waals surface area (Å²) in [5, 5.41) is -0.0252. The molecule has 0 aliphatic rings. The van der Waals surface area contributed by atoms with Gasteiger partial charge in [0.25, 0.3) is 0 Å². The molecule has 0 bridgehead atoms. The molecule has 0 aliphatic heterocycles. The fourth-order valence-corrected chi connectivity index (χ4v) is 4.07. The summed E-state index contributed by atoms with van der Waals surface area (Å²) in [6, 6.07) is 3.22. The molecular formula is C13H21Cl2FN2O2S. The largest absolute Gasteiger partial charge is 0.329 e. The highest BCUT2D eigenvalue weighted by Gasteiger charge is 2.31. The molecule has 0 spiro atoms. The Morgan fingerprint density at radius 3 is 2.48 bits per heavy atom. The van der Waals surface area contributed by atoms with E-state index < -0.39 is 21.4 Å². The number of halogens is 3. The number of benzene rings is 1. The topological polar surface area (TPSA) is 72.2 Å². The van der Waals surface area contributed by atoms with Crippen molar-refractivity contribution in [3.63, 3.8) is 0 Å². The van der Waals surface area contributed by atoms with Crippen molar-refractivity contribution in [2.75, 3.05) is 6.54 Å². The van der Waals surface area contributed by atoms with Gasteiger partial charge in [-0.15, -0.1) is 12.4 Å². The quantitative estimate of drug-likeness (QED) is 0.820. The summed E-state index contributed by atoms with van der Waals surface area (Å²) in [5.41, 5.74) is 4.87. The van der Waals surface area contributed by atoms with Gasteiger partial charge in [0, 0.05) is 12.1 Å². The van der Waals surface area contributed by atoms with Gasteiger partial charge < -0.3 is 5.73 Å². The molecule has 8 heteroatoms. The van der Waals surface area contributed by atoms with Crippen molar-refractivity contribution in [1.29, 1.82) is 0 Å². The van der Waals surface area contributed by atoms with E-state index in [4.69, 9.17) is 17.3 Å². The summed E-state index contributed by atoms with van der Waals surface area (Å²) in [4.78, 5) is -0.275. The van der Waals surface area contributed by atoms with E-state index in [2.05, 4.69) is 4.72 Å². The molecule has 1 aromatic carbocycles. The lowest BCUT2D eigenvalue weighted by Gasteiger charge is -2.30. The highest BCUT2D eigenvalue weighted by molar-refractivity contribution is 7.89. The smallest absolute Gasteiger partial charge is 0.242 e. The third kappa shape index (κ3) is 5.71. The molecule has 1 rings (SSSR count). The molecule has 0 amide bonds. The zero-order chi connectivity index (χ0) is 15.6. The van der Waals surface area contributed by atoms with Crippen molar-refractivity contribution in [1.82, 2.24) is 4.72 Å². The van der Waals surface area contributed by atoms with E-state index >= 15 is 0 Å². The van der Waals surface area contributed by atoms with Crippen LogP contribution in [0.25, 0.3) is 0 Å². The number of hydrogen-bond acceptors (Lipinski definition) is 3. The predicted octanol–water partition coefficient (Wildman–Crippen LogP) is 2.94. The number of hydrogen-bond donors (Lipinski definition) is 2. The van der Waals surface area contributed by atoms with E-state index in [0.29, 0.717) is 6.42 Å². The van der Waals surface area contributed by atoms with Gasteiger partial charge in [-0.05, 0) is 37.5 Å². The van der Waals surface area contributed by atoms with Crippen LogP contribution in [-0.2, 0) is 10.0 Å². The Labute approximate surface area is 136 Å². The van der Waals surface area contributed by atoms with Crippen LogP contribution in [0.5, 0.6) is 0 Å². The Morgan fingerprint density at radius 2 is 2.00 bits per heavy atom. The van der Waals surface area contributed by atoms with Gasteiger partial charge in [0.1, 0.15) is 10.7 Å². The van der Waals surface area contributed by atoms with Crippen LogP contribution in [0, 0.1) is 11.7 Å². The lowest BCUT2D eigenvalue weighted by molar-refractivity contribution is 0.344. The van der Waals surface area contributed by atoms with Crippen molar-refractivity contribution in [3.8, 4) is 0 Å². The first-order valence-corrected chi connectivity index (χ1v) is 8.15. The molecule has 0 saturated carbocycles. The van der Waals surface area contributed by atoms with E-state index in [9.17, 15) is 12.8 Å². The van der Waals surface area contributed by atoms with Crippen molar-refractivity contribution >= 4 is 34.0 Å². The molecule has 21 heavy (non-hydrogen) atoms. The second kappa shape index (κ2) is 7.74. The van der Waals surface area contributed by atoms with E-state index in [0.717, 1.165) is 12.1 Å². The Bertz CT molecular complexity index is 582. The zero-order valence-corrected chi connectivity index (χ0v) is 14.6. The third-order valence-electron chi connectivity index (χ3n) is 2.87. The minimum Gasteiger partial charge on any atom is -0.329 e. The van der Waals surface area contributed by atoms with Crippen LogP contribution < -0.4 is 10.5 Å². The standard InChI is InChI=1S/C13H20ClFN2O2S.ClH/c1-9(2)7-13(3,8-16)17-20(18,19)12-6-10(15)4-5-11(12)14;/h4-6,9,17H,7-8,16H2,1-3H3;1H. The molecule has 1 atom stereocenters. The lowest BCUT2D eigenvalue weighted by Crippen LogP contribution is -2.52. The van der Waals surface area contributed by atoms with Crippen LogP contribution in [0.2, 0.25) is 5.02 Å². The second-order valence-electron chi connectivity index (χ2n) is 5.54. The fourth-order valence-electron chi connectivity index (χ4n) is 2.13. The van der Waals surface area contributed by atoms with Crippen LogP contribution in [-0.4, -0.2) is 20.5 Å². The Balaban J connectivity index is 0.00000400. The van der Waals surface area contributed by atoms with Gasteiger partial charge in [-0.3, -0.25) is 0 Å². The van der Waals surface area contributed by atoms with Crippen molar-refractivity contribution in [3.05, 3.63) is 29.0 Å². The monoisotopic (exact) mass is 358 g/mol. The minimum atomic E-state index is -3.93. The number of nitrogens with one attached hydrogen (secondary N) is 1. The van der Waals surface area contributed by atoms with Crippen LogP contribution in [0.15, 0.2) is 23.1 Å². The Morgan fingerprint density at radius 1 is 1.43 bits per heavy atom. The maximum absolute atomic E-state index is 13.2. The molecular weight excluding hydrogens is 338 g/mol. The molecule has 0 radical (unpaired) electrons. The molecule has 0 fully saturated rings. The van der Waals surface area contributed by atoms with Crippen LogP contribution in [0.4, 0.5) is 4.39 Å². The zero-order valence-electron chi connectivity index (χ0n) is 12.2. The molecule has 0 saturated heterocycles. The molecule has 122 valence electrons. The maximum Gasteiger partial charge on any atom is 0.242 e. The van der Waals surface area contributed by atoms with Gasteiger partial charge in [0.15, 0.2) is 0 Å². The van der Waals surface area contributed by atoms with Crippen molar-refractivity contribution in [2.45, 2.75) is 37.6 Å². The first-order chi connectivity index (χ1) is 9.09. The van der Waals surface area contributed by atoms with Gasteiger partial charge in [-0.2, -0.15) is 0 Å². The minimum absolute atomic E-state index is 0. The lowest BCUT2D eigenvalue weighted by atomic mass is 9.92. The van der Waals surface area contributed by atoms with Crippen LogP contribution in [0.1, 0.15) is 27.2 Å². The van der Waals surface area contributed by atoms with Crippen molar-refractivity contribution < 1.29 is 12.8 Å². The van der Waals surface area contributed by atoms with E-state index in [1.807, 2.05) is 13.8 Å². The van der Waals surface area contributed by atoms with Gasteiger partial charge in [0.05, 0.1) is 5.02 Å². The van der Waals surface area contributed by atoms with Gasteiger partial charge >= 0.3 is 0 Å². The fraction of sp³-hybridized carbons (Fsp3) is 0.538. The van der Waals surface area contributed by atoms with Gasteiger partial charge in [-0.25, -0.2) is 17.5 Å². The van der Waals surface area contributed by atoms with E-state index in [1.165, 1.54) is 6.07 Å². The molecule has 1 aromatic rings. The average molecular weight is 359 g/mol. The first-order valence-electron chi connectivity index (χ1n) is 6.29. The first kappa shape index (κ1) is 20.6. The summed E-state index contributed by atoms with van der Waals surface area (Å²) in [5.74, 6) is -0.401. The molecule has 0 heterocycles. The van der Waals surface area contributed by atoms with Crippen LogP contribution in [0.3, 0.4) is 0 Å². The SMILES string of the molecule is CC(C)CC(C)(CN)NS(=O)(=O)c1cc(F)ccc1Cl.Cl. The summed E-state index contributed by atoms with van der Waals surface area (Å²) < 4.78 is 40.4. The van der Waals surface area contributed by atoms with Crippen LogP contribution >= 0.6 is 24.0 Å². The summed E-state index contributed by atoms with van der Waals surface area (Å²) in [6.45, 7) is 5.80. The van der Waals surface area contributed by atoms with E-state index in [1.54, 1.807) is 6.92 Å². The summed E-state index contributed by atoms with van der Waals surface area (Å²) in [7, 11) is -3.93. The number of nitrogens with two attached hydrogens (primary N) is 1. The average Bonchev–Trinajstić information content (AvgIpc) is 2.30. The van der Waals surface area contributed by atoms with Gasteiger partial charge in [0.2, 0.25) is 10.0 Å². The van der Waals surface area contributed by atoms with Crippen molar-refractivity contribution in [2.24, 2.45) is 11.7 Å². The Hall–Kier alpha value is -0.400. The molecule has 0 aliphatic carbocycles. The van der Waals surface area contributed by atoms with E-state index in [-0.39, 0.29) is 34.8 Å². The molecule has 3 N–H and O–H groups in total. The number of rotatable bonds is 6. The third-order valence-corrected chi connectivity index (χ3v) is 4.99. The molecule has 1 unspecified atom stereocenters. The van der Waals surface area contributed by atoms with Gasteiger partial charge in [-0.1, -0.05) is 25.4 Å². The second-order valence-corrected chi connectivity index (χ2v) is 7.60. The summed E-state index contributed by atoms with van der Waals surface area (Å²) >= 11 is 5.84. The summed E-state index contributed by atoms with van der Waals surface area (Å²) in [6.07, 6.45) is 0.565. The maximum atomic E-state index is 13.2.